The maximum Gasteiger partial charge on any atom is 0.294 e. The molecule has 1 aromatic rings. The summed E-state index contributed by atoms with van der Waals surface area (Å²) < 4.78 is 29.6. The normalized spacial score (nSPS) is 17.1. The first-order valence-corrected chi connectivity index (χ1v) is 7.03. The third-order valence-corrected chi connectivity index (χ3v) is 3.13. The molecule has 10 heteroatoms. The molecular weight excluding hydrogens is 302 g/mol. The minimum absolute atomic E-state index is 0.0666. The van der Waals surface area contributed by atoms with Gasteiger partial charge in [0, 0.05) is 0 Å². The van der Waals surface area contributed by atoms with Gasteiger partial charge in [0.1, 0.15) is 6.10 Å². The molecule has 0 radical (unpaired) electrons. The molecule has 1 unspecified atom stereocenters. The first kappa shape index (κ1) is 19.1. The van der Waals surface area contributed by atoms with Gasteiger partial charge in [-0.1, -0.05) is 17.7 Å². The van der Waals surface area contributed by atoms with Crippen molar-refractivity contribution in [3.05, 3.63) is 29.8 Å². The van der Waals surface area contributed by atoms with E-state index in [-0.39, 0.29) is 11.3 Å². The predicted octanol–water partition coefficient (Wildman–Crippen LogP) is -1.55. The van der Waals surface area contributed by atoms with E-state index < -0.39 is 28.0 Å². The molecule has 1 fully saturated rings. The van der Waals surface area contributed by atoms with Crippen LogP contribution in [0.2, 0.25) is 0 Å². The van der Waals surface area contributed by atoms with Crippen molar-refractivity contribution in [2.24, 2.45) is 11.7 Å². The smallest absolute Gasteiger partial charge is 0.294 e. The Kier molecular flexibility index (Phi) is 7.70. The van der Waals surface area contributed by atoms with E-state index in [2.05, 4.69) is 11.7 Å². The zero-order valence-electron chi connectivity index (χ0n) is 11.2. The van der Waals surface area contributed by atoms with Crippen LogP contribution in [0.25, 0.3) is 0 Å². The number of benzene rings is 1. The van der Waals surface area contributed by atoms with Gasteiger partial charge < -0.3 is 5.11 Å². The number of aliphatic hydroxyl groups is 1. The summed E-state index contributed by atoms with van der Waals surface area (Å²) in [5.41, 5.74) is 0.956. The van der Waals surface area contributed by atoms with E-state index in [1.165, 1.54) is 12.1 Å². The number of hydrogen-bond acceptors (Lipinski definition) is 7. The van der Waals surface area contributed by atoms with Crippen LogP contribution in [0.15, 0.2) is 29.2 Å². The molecule has 9 nitrogen and oxygen atoms in total. The monoisotopic (exact) mass is 319 g/mol. The minimum atomic E-state index is -4.02. The van der Waals surface area contributed by atoms with Gasteiger partial charge in [-0.3, -0.25) is 31.1 Å². The zero-order chi connectivity index (χ0) is 16.6. The van der Waals surface area contributed by atoms with Gasteiger partial charge in [0.05, 0.1) is 11.3 Å². The summed E-state index contributed by atoms with van der Waals surface area (Å²) in [6, 6.07) is 5.99. The molecular formula is C11H17N3O6S. The summed E-state index contributed by atoms with van der Waals surface area (Å²) in [7, 11) is -4.02. The van der Waals surface area contributed by atoms with Crippen LogP contribution in [0.5, 0.6) is 0 Å². The van der Waals surface area contributed by atoms with Crippen molar-refractivity contribution < 1.29 is 27.7 Å². The van der Waals surface area contributed by atoms with Gasteiger partial charge in [-0.05, 0) is 19.1 Å². The fourth-order valence-electron chi connectivity index (χ4n) is 1.25. The van der Waals surface area contributed by atoms with Crippen molar-refractivity contribution in [2.45, 2.75) is 24.3 Å². The number of carbonyl (C=O) groups is 2. The maximum absolute atomic E-state index is 10.5. The molecule has 7 N–H and O–H groups in total. The highest BCUT2D eigenvalue weighted by Gasteiger charge is 2.27. The van der Waals surface area contributed by atoms with Gasteiger partial charge >= 0.3 is 0 Å². The highest BCUT2D eigenvalue weighted by Crippen LogP contribution is 2.08. The molecule has 1 aliphatic heterocycles. The standard InChI is InChI=1S/C7H8O3S.C4H5NO3.H4N2/c1-6-2-4-7(5-3-6)11(8,9)10;6-2-1-3(7)5-4(2)8;1-2/h2-5H,1H3,(H,8,9,10);2,6H,1H2,(H,5,7,8);1-2H2. The number of hydrazine groups is 1. The number of rotatable bonds is 1. The van der Waals surface area contributed by atoms with Crippen molar-refractivity contribution >= 4 is 21.9 Å². The molecule has 2 rings (SSSR count). The fourth-order valence-corrected chi connectivity index (χ4v) is 1.73. The topological polar surface area (TPSA) is 173 Å². The minimum Gasteiger partial charge on any atom is -0.383 e. The summed E-state index contributed by atoms with van der Waals surface area (Å²) in [5, 5.41) is 10.5. The Bertz CT molecular complexity index is 584. The number of carbonyl (C=O) groups excluding carboxylic acids is 2. The molecule has 1 saturated heterocycles. The van der Waals surface area contributed by atoms with Crippen LogP contribution in [0, 0.1) is 6.92 Å². The number of aliphatic hydroxyl groups excluding tert-OH is 1. The number of aryl methyl sites for hydroxylation is 1. The Morgan fingerprint density at radius 3 is 1.90 bits per heavy atom. The highest BCUT2D eigenvalue weighted by atomic mass is 32.2. The van der Waals surface area contributed by atoms with Gasteiger partial charge in [0.15, 0.2) is 0 Å². The molecule has 0 bridgehead atoms. The largest absolute Gasteiger partial charge is 0.383 e. The van der Waals surface area contributed by atoms with E-state index >= 15 is 0 Å². The van der Waals surface area contributed by atoms with Gasteiger partial charge in [0.2, 0.25) is 5.91 Å². The molecule has 118 valence electrons. The molecule has 0 saturated carbocycles. The second-order valence-electron chi connectivity index (χ2n) is 3.92. The average molecular weight is 319 g/mol. The molecule has 1 aliphatic rings. The summed E-state index contributed by atoms with van der Waals surface area (Å²) in [4.78, 5) is 20.3. The van der Waals surface area contributed by atoms with Crippen LogP contribution in [0.1, 0.15) is 12.0 Å². The lowest BCUT2D eigenvalue weighted by Crippen LogP contribution is -2.24. The Labute approximate surface area is 121 Å². The van der Waals surface area contributed by atoms with E-state index in [9.17, 15) is 18.0 Å². The molecule has 0 aromatic heterocycles. The third kappa shape index (κ3) is 6.92. The molecule has 0 spiro atoms. The highest BCUT2D eigenvalue weighted by molar-refractivity contribution is 7.85. The van der Waals surface area contributed by atoms with E-state index in [1.807, 2.05) is 12.2 Å². The van der Waals surface area contributed by atoms with E-state index in [1.54, 1.807) is 12.1 Å². The zero-order valence-corrected chi connectivity index (χ0v) is 12.0. The first-order chi connectivity index (χ1) is 9.70. The van der Waals surface area contributed by atoms with Crippen LogP contribution < -0.4 is 17.0 Å². The number of amides is 2. The lowest BCUT2D eigenvalue weighted by Gasteiger charge is -1.95. The number of hydrogen-bond donors (Lipinski definition) is 5. The van der Waals surface area contributed by atoms with Crippen molar-refractivity contribution in [3.8, 4) is 0 Å². The fraction of sp³-hybridized carbons (Fsp3) is 0.273. The van der Waals surface area contributed by atoms with Crippen molar-refractivity contribution in [3.63, 3.8) is 0 Å². The van der Waals surface area contributed by atoms with Gasteiger partial charge in [-0.15, -0.1) is 0 Å². The summed E-state index contributed by atoms with van der Waals surface area (Å²) >= 11 is 0. The molecule has 1 atom stereocenters. The molecule has 1 heterocycles. The van der Waals surface area contributed by atoms with Crippen molar-refractivity contribution in [1.82, 2.24) is 5.32 Å². The van der Waals surface area contributed by atoms with Crippen LogP contribution >= 0.6 is 0 Å². The SMILES string of the molecule is Cc1ccc(S(=O)(=O)O)cc1.NN.O=C1CC(O)C(=O)N1. The van der Waals surface area contributed by atoms with Crippen molar-refractivity contribution in [1.29, 1.82) is 0 Å². The third-order valence-electron chi connectivity index (χ3n) is 2.26. The number of nitrogens with two attached hydrogens (primary N) is 2. The summed E-state index contributed by atoms with van der Waals surface area (Å²) in [6.07, 6.45) is -1.19. The Balaban J connectivity index is 0.000000354. The average Bonchev–Trinajstić information content (AvgIpc) is 2.69. The lowest BCUT2D eigenvalue weighted by molar-refractivity contribution is -0.127. The van der Waals surface area contributed by atoms with E-state index in [0.29, 0.717) is 0 Å². The van der Waals surface area contributed by atoms with Crippen LogP contribution in [0.3, 0.4) is 0 Å². The van der Waals surface area contributed by atoms with E-state index in [4.69, 9.17) is 9.66 Å². The van der Waals surface area contributed by atoms with Gasteiger partial charge in [-0.25, -0.2) is 0 Å². The number of nitrogens with one attached hydrogen (secondary N) is 1. The number of imide groups is 1. The van der Waals surface area contributed by atoms with Crippen LogP contribution in [-0.4, -0.2) is 36.0 Å². The first-order valence-electron chi connectivity index (χ1n) is 5.59. The molecule has 2 amide bonds. The maximum atomic E-state index is 10.5. The molecule has 21 heavy (non-hydrogen) atoms. The van der Waals surface area contributed by atoms with Gasteiger partial charge in [0.25, 0.3) is 16.0 Å². The molecule has 1 aromatic carbocycles. The van der Waals surface area contributed by atoms with Crippen molar-refractivity contribution in [2.75, 3.05) is 0 Å². The van der Waals surface area contributed by atoms with Crippen LogP contribution in [-0.2, 0) is 19.7 Å². The quantitative estimate of drug-likeness (QED) is 0.179. The van der Waals surface area contributed by atoms with Crippen LogP contribution in [0.4, 0.5) is 0 Å². The Morgan fingerprint density at radius 1 is 1.19 bits per heavy atom. The van der Waals surface area contributed by atoms with Gasteiger partial charge in [-0.2, -0.15) is 8.42 Å². The van der Waals surface area contributed by atoms with E-state index in [0.717, 1.165) is 5.56 Å². The summed E-state index contributed by atoms with van der Waals surface area (Å²) in [5.74, 6) is 7.01. The predicted molar refractivity (Wildman–Crippen MR) is 73.1 cm³/mol. The lowest BCUT2D eigenvalue weighted by atomic mass is 10.2. The second kappa shape index (κ2) is 8.44. The Morgan fingerprint density at radius 2 is 1.67 bits per heavy atom. The Hall–Kier alpha value is -1.85. The molecule has 0 aliphatic carbocycles. The summed E-state index contributed by atoms with van der Waals surface area (Å²) in [6.45, 7) is 1.84. The second-order valence-corrected chi connectivity index (χ2v) is 5.34.